The molecule has 1 N–H and O–H groups in total. The van der Waals surface area contributed by atoms with Gasteiger partial charge in [-0.1, -0.05) is 15.9 Å². The van der Waals surface area contributed by atoms with Gasteiger partial charge in [0.1, 0.15) is 5.01 Å². The Bertz CT molecular complexity index is 472. The van der Waals surface area contributed by atoms with E-state index in [-0.39, 0.29) is 0 Å². The van der Waals surface area contributed by atoms with E-state index in [1.807, 2.05) is 12.1 Å². The van der Waals surface area contributed by atoms with Gasteiger partial charge in [0.05, 0.1) is 16.8 Å². The second-order valence-electron chi connectivity index (χ2n) is 3.39. The maximum Gasteiger partial charge on any atom is 0.108 e. The molecule has 2 aromatic rings. The molecule has 0 unspecified atom stereocenters. The van der Waals surface area contributed by atoms with Crippen molar-refractivity contribution in [1.29, 1.82) is 0 Å². The van der Waals surface area contributed by atoms with Crippen LogP contribution in [0.1, 0.15) is 5.01 Å². The highest BCUT2D eigenvalue weighted by Crippen LogP contribution is 2.25. The van der Waals surface area contributed by atoms with Crippen LogP contribution in [0.5, 0.6) is 0 Å². The molecule has 0 saturated heterocycles. The molecular formula is C11H13BrN2OS. The van der Waals surface area contributed by atoms with Crippen LogP contribution in [-0.2, 0) is 11.3 Å². The molecule has 0 atom stereocenters. The lowest BCUT2D eigenvalue weighted by Crippen LogP contribution is -2.18. The first-order chi connectivity index (χ1) is 7.79. The molecule has 0 aliphatic carbocycles. The number of thiazole rings is 1. The summed E-state index contributed by atoms with van der Waals surface area (Å²) in [5.74, 6) is 0. The molecule has 3 nitrogen and oxygen atoms in total. The SMILES string of the molecule is COCCNCc1nc2ccc(Br)cc2s1. The summed E-state index contributed by atoms with van der Waals surface area (Å²) < 4.78 is 7.29. The monoisotopic (exact) mass is 300 g/mol. The Morgan fingerprint density at radius 2 is 2.38 bits per heavy atom. The summed E-state index contributed by atoms with van der Waals surface area (Å²) in [7, 11) is 1.71. The van der Waals surface area contributed by atoms with Crippen LogP contribution in [-0.4, -0.2) is 25.2 Å². The maximum absolute atomic E-state index is 4.97. The van der Waals surface area contributed by atoms with E-state index < -0.39 is 0 Å². The normalized spacial score (nSPS) is 11.1. The lowest BCUT2D eigenvalue weighted by atomic mass is 10.3. The Morgan fingerprint density at radius 3 is 3.19 bits per heavy atom. The van der Waals surface area contributed by atoms with Gasteiger partial charge in [-0.2, -0.15) is 0 Å². The molecule has 1 heterocycles. The second kappa shape index (κ2) is 5.72. The number of nitrogens with one attached hydrogen (secondary N) is 1. The van der Waals surface area contributed by atoms with Gasteiger partial charge in [-0.05, 0) is 18.2 Å². The first-order valence-corrected chi connectivity index (χ1v) is 6.65. The van der Waals surface area contributed by atoms with Crippen LogP contribution in [0.3, 0.4) is 0 Å². The number of aromatic nitrogens is 1. The van der Waals surface area contributed by atoms with Crippen LogP contribution in [0.4, 0.5) is 0 Å². The third-order valence-electron chi connectivity index (χ3n) is 2.15. The van der Waals surface area contributed by atoms with E-state index in [2.05, 4.69) is 32.3 Å². The molecule has 1 aromatic heterocycles. The molecule has 0 bridgehead atoms. The van der Waals surface area contributed by atoms with E-state index in [1.54, 1.807) is 18.4 Å². The van der Waals surface area contributed by atoms with Gasteiger partial charge in [-0.15, -0.1) is 11.3 Å². The van der Waals surface area contributed by atoms with Crippen LogP contribution < -0.4 is 5.32 Å². The highest BCUT2D eigenvalue weighted by Gasteiger charge is 2.03. The van der Waals surface area contributed by atoms with Crippen molar-refractivity contribution in [2.45, 2.75) is 6.54 Å². The minimum Gasteiger partial charge on any atom is -0.383 e. The average molecular weight is 301 g/mol. The molecule has 86 valence electrons. The van der Waals surface area contributed by atoms with Gasteiger partial charge < -0.3 is 10.1 Å². The molecule has 0 aliphatic heterocycles. The molecule has 0 saturated carbocycles. The van der Waals surface area contributed by atoms with Crippen molar-refractivity contribution in [1.82, 2.24) is 10.3 Å². The zero-order valence-corrected chi connectivity index (χ0v) is 11.4. The maximum atomic E-state index is 4.97. The standard InChI is InChI=1S/C11H13BrN2OS/c1-15-5-4-13-7-11-14-9-3-2-8(12)6-10(9)16-11/h2-3,6,13H,4-5,7H2,1H3. The quantitative estimate of drug-likeness (QED) is 0.862. The fraction of sp³-hybridized carbons (Fsp3) is 0.364. The van der Waals surface area contributed by atoms with Gasteiger partial charge >= 0.3 is 0 Å². The Morgan fingerprint density at radius 1 is 1.50 bits per heavy atom. The number of benzene rings is 1. The van der Waals surface area contributed by atoms with Crippen LogP contribution in [0.15, 0.2) is 22.7 Å². The van der Waals surface area contributed by atoms with Crippen molar-refractivity contribution in [3.63, 3.8) is 0 Å². The van der Waals surface area contributed by atoms with E-state index in [1.165, 1.54) is 4.70 Å². The van der Waals surface area contributed by atoms with Crippen molar-refractivity contribution in [2.75, 3.05) is 20.3 Å². The molecule has 2 rings (SSSR count). The smallest absolute Gasteiger partial charge is 0.108 e. The number of halogens is 1. The molecule has 0 spiro atoms. The molecular weight excluding hydrogens is 288 g/mol. The van der Waals surface area contributed by atoms with E-state index in [9.17, 15) is 0 Å². The third kappa shape index (κ3) is 3.01. The Labute approximate surface area is 107 Å². The summed E-state index contributed by atoms with van der Waals surface area (Å²) in [5, 5.41) is 4.40. The fourth-order valence-electron chi connectivity index (χ4n) is 1.39. The zero-order valence-electron chi connectivity index (χ0n) is 9.00. The first kappa shape index (κ1) is 12.0. The van der Waals surface area contributed by atoms with Crippen molar-refractivity contribution in [3.8, 4) is 0 Å². The fourth-order valence-corrected chi connectivity index (χ4v) is 2.88. The summed E-state index contributed by atoms with van der Waals surface area (Å²) in [6, 6.07) is 6.16. The number of methoxy groups -OCH3 is 1. The average Bonchev–Trinajstić information content (AvgIpc) is 2.66. The van der Waals surface area contributed by atoms with Gasteiger partial charge in [-0.3, -0.25) is 0 Å². The Hall–Kier alpha value is -0.490. The Kier molecular flexibility index (Phi) is 4.29. The van der Waals surface area contributed by atoms with Crippen LogP contribution in [0.25, 0.3) is 10.2 Å². The van der Waals surface area contributed by atoms with Crippen LogP contribution in [0, 0.1) is 0 Å². The van der Waals surface area contributed by atoms with Gasteiger partial charge in [0, 0.05) is 24.7 Å². The minimum atomic E-state index is 0.733. The van der Waals surface area contributed by atoms with Crippen LogP contribution in [0.2, 0.25) is 0 Å². The number of nitrogens with zero attached hydrogens (tertiary/aromatic N) is 1. The van der Waals surface area contributed by atoms with Crippen molar-refractivity contribution >= 4 is 37.5 Å². The third-order valence-corrected chi connectivity index (χ3v) is 3.67. The summed E-state index contributed by atoms with van der Waals surface area (Å²) >= 11 is 5.19. The van der Waals surface area contributed by atoms with E-state index in [4.69, 9.17) is 4.74 Å². The molecule has 0 radical (unpaired) electrons. The summed E-state index contributed by atoms with van der Waals surface area (Å²) in [6.45, 7) is 2.40. The lowest BCUT2D eigenvalue weighted by Gasteiger charge is -1.99. The summed E-state index contributed by atoms with van der Waals surface area (Å²) in [5.41, 5.74) is 1.07. The highest BCUT2D eigenvalue weighted by atomic mass is 79.9. The largest absolute Gasteiger partial charge is 0.383 e. The van der Waals surface area contributed by atoms with Gasteiger partial charge in [-0.25, -0.2) is 4.98 Å². The van der Waals surface area contributed by atoms with Crippen LogP contribution >= 0.6 is 27.3 Å². The molecule has 1 aromatic carbocycles. The number of ether oxygens (including phenoxy) is 1. The first-order valence-electron chi connectivity index (χ1n) is 5.04. The van der Waals surface area contributed by atoms with Crippen molar-refractivity contribution in [2.24, 2.45) is 0 Å². The topological polar surface area (TPSA) is 34.1 Å². The van der Waals surface area contributed by atoms with E-state index >= 15 is 0 Å². The number of hydrogen-bond acceptors (Lipinski definition) is 4. The van der Waals surface area contributed by atoms with Gasteiger partial charge in [0.2, 0.25) is 0 Å². The number of fused-ring (bicyclic) bond motifs is 1. The molecule has 0 fully saturated rings. The predicted octanol–water partition coefficient (Wildman–Crippen LogP) is 2.79. The number of hydrogen-bond donors (Lipinski definition) is 1. The van der Waals surface area contributed by atoms with E-state index in [0.29, 0.717) is 0 Å². The second-order valence-corrected chi connectivity index (χ2v) is 5.42. The van der Waals surface area contributed by atoms with Crippen molar-refractivity contribution < 1.29 is 4.74 Å². The molecule has 0 amide bonds. The predicted molar refractivity (Wildman–Crippen MR) is 70.9 cm³/mol. The Balaban J connectivity index is 2.02. The minimum absolute atomic E-state index is 0.733. The van der Waals surface area contributed by atoms with Gasteiger partial charge in [0.15, 0.2) is 0 Å². The van der Waals surface area contributed by atoms with Gasteiger partial charge in [0.25, 0.3) is 0 Å². The molecule has 16 heavy (non-hydrogen) atoms. The van der Waals surface area contributed by atoms with Crippen molar-refractivity contribution in [3.05, 3.63) is 27.7 Å². The summed E-state index contributed by atoms with van der Waals surface area (Å²) in [6.07, 6.45) is 0. The highest BCUT2D eigenvalue weighted by molar-refractivity contribution is 9.10. The molecule has 5 heteroatoms. The van der Waals surface area contributed by atoms with E-state index in [0.717, 1.165) is 34.7 Å². The number of rotatable bonds is 5. The lowest BCUT2D eigenvalue weighted by molar-refractivity contribution is 0.199. The zero-order chi connectivity index (χ0) is 11.4. The molecule has 0 aliphatic rings. The summed E-state index contributed by atoms with van der Waals surface area (Å²) in [4.78, 5) is 4.55.